The van der Waals surface area contributed by atoms with Crippen LogP contribution in [-0.2, 0) is 54.4 Å². The van der Waals surface area contributed by atoms with Gasteiger partial charge in [0.2, 0.25) is 0 Å². The van der Waals surface area contributed by atoms with Crippen LogP contribution < -0.4 is 0 Å². The molecule has 0 spiro atoms. The van der Waals surface area contributed by atoms with Crippen molar-refractivity contribution < 1.29 is 42.9 Å². The van der Waals surface area contributed by atoms with E-state index in [1.165, 1.54) is 28.2 Å². The number of aromatic hydroxyl groups is 2. The molecular formula is C38H59O2Y. The molecule has 1 aliphatic carbocycles. The van der Waals surface area contributed by atoms with Crippen LogP contribution in [0.3, 0.4) is 0 Å². The summed E-state index contributed by atoms with van der Waals surface area (Å²) in [7, 11) is 0. The maximum Gasteiger partial charge on any atom is 0.123 e. The minimum absolute atomic E-state index is 0. The molecule has 0 unspecified atom stereocenters. The summed E-state index contributed by atoms with van der Waals surface area (Å²) in [4.78, 5) is 0. The fraction of sp³-hybridized carbons (Fsp3) is 0.553. The molecule has 2 aromatic rings. The first-order valence-corrected chi connectivity index (χ1v) is 14.7. The zero-order valence-electron chi connectivity index (χ0n) is 29.4. The Balaban J connectivity index is 0.000000591. The van der Waals surface area contributed by atoms with E-state index in [1.807, 2.05) is 36.4 Å². The maximum absolute atomic E-state index is 10.3. The number of rotatable bonds is 0. The molecule has 2 N–H and O–H groups in total. The van der Waals surface area contributed by atoms with Crippen molar-refractivity contribution in [2.24, 2.45) is 0 Å². The Labute approximate surface area is 279 Å². The van der Waals surface area contributed by atoms with Gasteiger partial charge in [0.05, 0.1) is 0 Å². The molecule has 0 bridgehead atoms. The third-order valence-corrected chi connectivity index (χ3v) is 8.12. The topological polar surface area (TPSA) is 40.5 Å². The van der Waals surface area contributed by atoms with Gasteiger partial charge in [0.15, 0.2) is 0 Å². The number of allylic oxidation sites excluding steroid dienone is 4. The van der Waals surface area contributed by atoms with Crippen LogP contribution in [0.15, 0.2) is 58.7 Å². The number of benzene rings is 2. The summed E-state index contributed by atoms with van der Waals surface area (Å²) < 4.78 is 0. The Hall–Kier alpha value is -1.38. The molecule has 0 saturated heterocycles. The zero-order chi connectivity index (χ0) is 31.6. The average Bonchev–Trinajstić information content (AvgIpc) is 2.94. The van der Waals surface area contributed by atoms with Gasteiger partial charge < -0.3 is 10.2 Å². The Morgan fingerprint density at radius 2 is 0.585 bits per heavy atom. The van der Waals surface area contributed by atoms with E-state index >= 15 is 0 Å². The first kappa shape index (κ1) is 39.6. The standard InChI is InChI=1S/2C14H22O.C10H15.Y/c2*1-13(2,3)10-8-7-9-11(12(10)15)14(4,5)6;1-6-7(2)9(4)10(5)8(6)3;/h2*7-9,15H,1-6H3;1-5H3;. The fourth-order valence-electron chi connectivity index (χ4n) is 4.91. The van der Waals surface area contributed by atoms with Gasteiger partial charge in [-0.3, -0.25) is 0 Å². The van der Waals surface area contributed by atoms with Crippen molar-refractivity contribution >= 4 is 0 Å². The molecule has 0 fully saturated rings. The van der Waals surface area contributed by atoms with Crippen molar-refractivity contribution in [3.05, 3.63) is 86.9 Å². The first-order valence-electron chi connectivity index (χ1n) is 14.7. The number of hydrogen-bond acceptors (Lipinski definition) is 2. The monoisotopic (exact) mass is 636 g/mol. The van der Waals surface area contributed by atoms with Crippen LogP contribution in [-0.4, -0.2) is 10.2 Å². The van der Waals surface area contributed by atoms with Crippen LogP contribution in [0.5, 0.6) is 11.5 Å². The second-order valence-corrected chi connectivity index (χ2v) is 15.5. The number of hydrogen-bond donors (Lipinski definition) is 2. The molecule has 3 rings (SSSR count). The van der Waals surface area contributed by atoms with Gasteiger partial charge in [-0.15, -0.1) is 0 Å². The quantitative estimate of drug-likeness (QED) is 0.302. The van der Waals surface area contributed by atoms with E-state index in [4.69, 9.17) is 0 Å². The molecule has 0 aliphatic heterocycles. The normalized spacial score (nSPS) is 14.7. The third kappa shape index (κ3) is 10.4. The van der Waals surface area contributed by atoms with Crippen LogP contribution in [0, 0.1) is 5.92 Å². The Morgan fingerprint density at radius 1 is 0.390 bits per heavy atom. The summed E-state index contributed by atoms with van der Waals surface area (Å²) in [6.07, 6.45) is 0. The van der Waals surface area contributed by atoms with Crippen molar-refractivity contribution in [3.8, 4) is 11.5 Å². The Bertz CT molecular complexity index is 1070. The van der Waals surface area contributed by atoms with Crippen molar-refractivity contribution in [2.45, 2.75) is 139 Å². The van der Waals surface area contributed by atoms with Crippen molar-refractivity contribution in [1.82, 2.24) is 0 Å². The molecule has 2 aromatic carbocycles. The van der Waals surface area contributed by atoms with E-state index in [0.717, 1.165) is 22.3 Å². The summed E-state index contributed by atoms with van der Waals surface area (Å²) in [5.41, 5.74) is 9.93. The van der Waals surface area contributed by atoms with Crippen LogP contribution in [0.1, 0.15) is 140 Å². The molecule has 0 atom stereocenters. The largest absolute Gasteiger partial charge is 0.507 e. The van der Waals surface area contributed by atoms with Gasteiger partial charge in [0.25, 0.3) is 0 Å². The van der Waals surface area contributed by atoms with Crippen molar-refractivity contribution in [3.63, 3.8) is 0 Å². The maximum atomic E-state index is 10.3. The summed E-state index contributed by atoms with van der Waals surface area (Å²) in [6, 6.07) is 12.1. The summed E-state index contributed by atoms with van der Waals surface area (Å²) >= 11 is 0. The summed E-state index contributed by atoms with van der Waals surface area (Å²) in [5, 5.41) is 20.5. The molecule has 0 aromatic heterocycles. The van der Waals surface area contributed by atoms with Gasteiger partial charge >= 0.3 is 0 Å². The smallest absolute Gasteiger partial charge is 0.123 e. The van der Waals surface area contributed by atoms with Crippen LogP contribution in [0.4, 0.5) is 0 Å². The summed E-state index contributed by atoms with van der Waals surface area (Å²) in [6.45, 7) is 36.4. The molecule has 226 valence electrons. The van der Waals surface area contributed by atoms with Gasteiger partial charge in [-0.25, -0.2) is 0 Å². The number of phenolic OH excluding ortho intramolecular Hbond substituents is 2. The third-order valence-electron chi connectivity index (χ3n) is 8.12. The minimum atomic E-state index is -0.00859. The molecule has 2 radical (unpaired) electrons. The number of phenols is 2. The average molecular weight is 637 g/mol. The fourth-order valence-corrected chi connectivity index (χ4v) is 4.91. The second-order valence-electron chi connectivity index (χ2n) is 15.5. The molecule has 0 heterocycles. The molecule has 1 aliphatic rings. The van der Waals surface area contributed by atoms with Gasteiger partial charge in [-0.1, -0.05) is 138 Å². The molecule has 3 heteroatoms. The van der Waals surface area contributed by atoms with E-state index < -0.39 is 0 Å². The molecular weight excluding hydrogens is 577 g/mol. The number of para-hydroxylation sites is 2. The van der Waals surface area contributed by atoms with Crippen molar-refractivity contribution in [1.29, 1.82) is 0 Å². The van der Waals surface area contributed by atoms with Gasteiger partial charge in [-0.05, 0) is 82.8 Å². The van der Waals surface area contributed by atoms with E-state index in [1.54, 1.807) is 0 Å². The summed E-state index contributed by atoms with van der Waals surface area (Å²) in [5.74, 6) is 2.38. The molecule has 0 amide bonds. The van der Waals surface area contributed by atoms with Crippen LogP contribution >= 0.6 is 0 Å². The van der Waals surface area contributed by atoms with E-state index in [-0.39, 0.29) is 54.4 Å². The van der Waals surface area contributed by atoms with Crippen molar-refractivity contribution in [2.75, 3.05) is 0 Å². The molecule has 0 saturated carbocycles. The second kappa shape index (κ2) is 14.4. The van der Waals surface area contributed by atoms with E-state index in [2.05, 4.69) is 118 Å². The first-order chi connectivity index (χ1) is 17.8. The predicted octanol–water partition coefficient (Wildman–Crippen LogP) is 11.2. The van der Waals surface area contributed by atoms with Gasteiger partial charge in [0.1, 0.15) is 11.5 Å². The zero-order valence-corrected chi connectivity index (χ0v) is 32.3. The van der Waals surface area contributed by atoms with Gasteiger partial charge in [0, 0.05) is 38.6 Å². The van der Waals surface area contributed by atoms with Crippen LogP contribution in [0.2, 0.25) is 0 Å². The predicted molar refractivity (Wildman–Crippen MR) is 177 cm³/mol. The SMILES string of the molecule is CC(C)(C)c1cccc(C(C)(C)C)c1O.CC(C)(C)c1cccc(C(C)(C)C)c1O.C[C]1C(C)=C(C)C(C)=C1C.[Y]. The Morgan fingerprint density at radius 3 is 0.707 bits per heavy atom. The van der Waals surface area contributed by atoms with E-state index in [0.29, 0.717) is 11.5 Å². The van der Waals surface area contributed by atoms with Crippen LogP contribution in [0.25, 0.3) is 0 Å². The van der Waals surface area contributed by atoms with E-state index in [9.17, 15) is 10.2 Å². The molecule has 2 nitrogen and oxygen atoms in total. The van der Waals surface area contributed by atoms with Gasteiger partial charge in [-0.2, -0.15) is 0 Å². The Kier molecular flexibility index (Phi) is 13.9. The minimum Gasteiger partial charge on any atom is -0.507 e. The molecule has 41 heavy (non-hydrogen) atoms.